The Bertz CT molecular complexity index is 198. The molecule has 2 N–H and O–H groups in total. The van der Waals surface area contributed by atoms with Gasteiger partial charge in [0.15, 0.2) is 5.78 Å². The number of hydrogen-bond donors (Lipinski definition) is 2. The second-order valence-corrected chi connectivity index (χ2v) is 2.66. The molecule has 0 spiro atoms. The number of nitrogens with one attached hydrogen (secondary N) is 2. The number of carbonyl (C=O) groups excluding carboxylic acids is 1. The molecule has 10 heavy (non-hydrogen) atoms. The van der Waals surface area contributed by atoms with Gasteiger partial charge in [0, 0.05) is 12.1 Å². The van der Waals surface area contributed by atoms with Crippen LogP contribution in [0.3, 0.4) is 0 Å². The highest BCUT2D eigenvalue weighted by molar-refractivity contribution is 5.88. The molecule has 3 heteroatoms. The number of rotatable bonds is 0. The summed E-state index contributed by atoms with van der Waals surface area (Å²) in [5.74, 6) is 0.322. The molecule has 1 heterocycles. The summed E-state index contributed by atoms with van der Waals surface area (Å²) < 4.78 is 0. The molecule has 0 aromatic rings. The van der Waals surface area contributed by atoms with Gasteiger partial charge in [-0.2, -0.15) is 0 Å². The first-order valence-electron chi connectivity index (χ1n) is 3.58. The van der Waals surface area contributed by atoms with Gasteiger partial charge in [0.1, 0.15) is 6.04 Å². The van der Waals surface area contributed by atoms with Crippen molar-refractivity contribution in [1.82, 2.24) is 10.6 Å². The monoisotopic (exact) mass is 138 g/mol. The molecule has 0 radical (unpaired) electrons. The molecular weight excluding hydrogens is 128 g/mol. The van der Waals surface area contributed by atoms with E-state index in [4.69, 9.17) is 0 Å². The molecule has 0 bridgehead atoms. The lowest BCUT2D eigenvalue weighted by Gasteiger charge is -2.13. The first kappa shape index (κ1) is 5.92. The van der Waals surface area contributed by atoms with Gasteiger partial charge in [0.2, 0.25) is 0 Å². The molecule has 3 nitrogen and oxygen atoms in total. The number of Topliss-reactive ketones (excluding diaryl/α,β-unsaturated/α-hetero) is 1. The van der Waals surface area contributed by atoms with Gasteiger partial charge in [-0.05, 0) is 6.42 Å². The van der Waals surface area contributed by atoms with Gasteiger partial charge in [-0.15, -0.1) is 0 Å². The van der Waals surface area contributed by atoms with Crippen LogP contribution in [0.5, 0.6) is 0 Å². The molecule has 54 valence electrons. The Morgan fingerprint density at radius 2 is 2.50 bits per heavy atom. The van der Waals surface area contributed by atoms with Crippen LogP contribution in [0.25, 0.3) is 0 Å². The molecule has 0 aromatic carbocycles. The van der Waals surface area contributed by atoms with Gasteiger partial charge < -0.3 is 5.32 Å². The van der Waals surface area contributed by atoms with Gasteiger partial charge in [-0.25, -0.2) is 0 Å². The maximum absolute atomic E-state index is 11.1. The summed E-state index contributed by atoms with van der Waals surface area (Å²) in [7, 11) is 0. The second kappa shape index (κ2) is 2.09. The number of allylic oxidation sites excluding steroid dienone is 1. The van der Waals surface area contributed by atoms with Gasteiger partial charge >= 0.3 is 0 Å². The SMILES string of the molecule is O=C1CCC=C2NCNC12. The fourth-order valence-electron chi connectivity index (χ4n) is 1.46. The molecule has 0 aromatic heterocycles. The van der Waals surface area contributed by atoms with E-state index >= 15 is 0 Å². The summed E-state index contributed by atoms with van der Waals surface area (Å²) in [6.45, 7) is 0.738. The van der Waals surface area contributed by atoms with Crippen LogP contribution in [0.2, 0.25) is 0 Å². The van der Waals surface area contributed by atoms with Gasteiger partial charge in [0.05, 0.1) is 6.67 Å². The minimum absolute atomic E-state index is 0.00579. The zero-order valence-electron chi connectivity index (χ0n) is 5.68. The highest BCUT2D eigenvalue weighted by Crippen LogP contribution is 2.15. The van der Waals surface area contributed by atoms with E-state index in [9.17, 15) is 4.79 Å². The molecule has 0 amide bonds. The molecule has 1 fully saturated rings. The van der Waals surface area contributed by atoms with Crippen LogP contribution >= 0.6 is 0 Å². The third-order valence-corrected chi connectivity index (χ3v) is 1.99. The van der Waals surface area contributed by atoms with Crippen molar-refractivity contribution in [3.63, 3.8) is 0 Å². The topological polar surface area (TPSA) is 41.1 Å². The van der Waals surface area contributed by atoms with Gasteiger partial charge in [0.25, 0.3) is 0 Å². The maximum Gasteiger partial charge on any atom is 0.156 e. The zero-order chi connectivity index (χ0) is 6.97. The normalized spacial score (nSPS) is 31.0. The number of ketones is 1. The minimum atomic E-state index is -0.00579. The van der Waals surface area contributed by atoms with Crippen LogP contribution in [0, 0.1) is 0 Å². The molecule has 1 aliphatic carbocycles. The lowest BCUT2D eigenvalue weighted by atomic mass is 9.99. The van der Waals surface area contributed by atoms with Crippen molar-refractivity contribution in [1.29, 1.82) is 0 Å². The molecule has 2 aliphatic rings. The van der Waals surface area contributed by atoms with Crippen molar-refractivity contribution in [2.45, 2.75) is 18.9 Å². The Morgan fingerprint density at radius 1 is 1.60 bits per heavy atom. The fraction of sp³-hybridized carbons (Fsp3) is 0.571. The first-order valence-corrected chi connectivity index (χ1v) is 3.58. The van der Waals surface area contributed by atoms with Crippen molar-refractivity contribution in [3.8, 4) is 0 Å². The lowest BCUT2D eigenvalue weighted by molar-refractivity contribution is -0.120. The number of hydrogen-bond acceptors (Lipinski definition) is 3. The van der Waals surface area contributed by atoms with Crippen LogP contribution in [0.4, 0.5) is 0 Å². The van der Waals surface area contributed by atoms with E-state index in [1.165, 1.54) is 0 Å². The van der Waals surface area contributed by atoms with Gasteiger partial charge in [-0.3, -0.25) is 10.1 Å². The second-order valence-electron chi connectivity index (χ2n) is 2.66. The predicted molar refractivity (Wildman–Crippen MR) is 37.3 cm³/mol. The van der Waals surface area contributed by atoms with Crippen LogP contribution in [-0.2, 0) is 4.79 Å². The van der Waals surface area contributed by atoms with Crippen molar-refractivity contribution >= 4 is 5.78 Å². The van der Waals surface area contributed by atoms with E-state index < -0.39 is 0 Å². The van der Waals surface area contributed by atoms with Crippen LogP contribution < -0.4 is 10.6 Å². The summed E-state index contributed by atoms with van der Waals surface area (Å²) >= 11 is 0. The highest BCUT2D eigenvalue weighted by Gasteiger charge is 2.28. The van der Waals surface area contributed by atoms with Crippen molar-refractivity contribution < 1.29 is 4.79 Å². The molecule has 2 rings (SSSR count). The molecule has 1 atom stereocenters. The number of fused-ring (bicyclic) bond motifs is 1. The summed E-state index contributed by atoms with van der Waals surface area (Å²) in [4.78, 5) is 11.1. The van der Waals surface area contributed by atoms with Gasteiger partial charge in [-0.1, -0.05) is 6.08 Å². The number of carbonyl (C=O) groups is 1. The first-order chi connectivity index (χ1) is 4.88. The van der Waals surface area contributed by atoms with E-state index in [1.807, 2.05) is 0 Å². The zero-order valence-corrected chi connectivity index (χ0v) is 5.68. The van der Waals surface area contributed by atoms with E-state index in [1.54, 1.807) is 0 Å². The summed E-state index contributed by atoms with van der Waals surface area (Å²) in [5.41, 5.74) is 1.08. The molecule has 1 aliphatic heterocycles. The van der Waals surface area contributed by atoms with E-state index in [2.05, 4.69) is 16.7 Å². The fourth-order valence-corrected chi connectivity index (χ4v) is 1.46. The molecular formula is C7H10N2O. The smallest absolute Gasteiger partial charge is 0.156 e. The lowest BCUT2D eigenvalue weighted by Crippen LogP contribution is -2.33. The Hall–Kier alpha value is -0.830. The predicted octanol–water partition coefficient (Wildman–Crippen LogP) is -0.248. The van der Waals surface area contributed by atoms with Crippen molar-refractivity contribution in [2.75, 3.05) is 6.67 Å². The summed E-state index contributed by atoms with van der Waals surface area (Å²) in [6.07, 6.45) is 3.70. The molecule has 0 saturated carbocycles. The Balaban J connectivity index is 2.26. The Morgan fingerprint density at radius 3 is 3.30 bits per heavy atom. The quantitative estimate of drug-likeness (QED) is 0.485. The minimum Gasteiger partial charge on any atom is -0.374 e. The average Bonchev–Trinajstić information content (AvgIpc) is 2.36. The van der Waals surface area contributed by atoms with E-state index in [0.29, 0.717) is 12.2 Å². The van der Waals surface area contributed by atoms with E-state index in [-0.39, 0.29) is 6.04 Å². The third kappa shape index (κ3) is 0.743. The molecule has 1 unspecified atom stereocenters. The van der Waals surface area contributed by atoms with Crippen LogP contribution in [-0.4, -0.2) is 18.5 Å². The van der Waals surface area contributed by atoms with Crippen LogP contribution in [0.1, 0.15) is 12.8 Å². The highest BCUT2D eigenvalue weighted by atomic mass is 16.1. The largest absolute Gasteiger partial charge is 0.374 e. The van der Waals surface area contributed by atoms with E-state index in [0.717, 1.165) is 18.8 Å². The maximum atomic E-state index is 11.1. The van der Waals surface area contributed by atoms with Crippen molar-refractivity contribution in [3.05, 3.63) is 11.8 Å². The summed E-state index contributed by atoms with van der Waals surface area (Å²) in [5, 5.41) is 6.20. The third-order valence-electron chi connectivity index (χ3n) is 1.99. The summed E-state index contributed by atoms with van der Waals surface area (Å²) in [6, 6.07) is -0.00579. The average molecular weight is 138 g/mol. The Kier molecular flexibility index (Phi) is 1.24. The van der Waals surface area contributed by atoms with Crippen molar-refractivity contribution in [2.24, 2.45) is 0 Å². The molecule has 1 saturated heterocycles. The van der Waals surface area contributed by atoms with Crippen LogP contribution in [0.15, 0.2) is 11.8 Å². The Labute approximate surface area is 59.5 Å². The standard InChI is InChI=1S/C7H10N2O/c10-6-3-1-2-5-7(6)9-4-8-5/h2,7-9H,1,3-4H2.